The van der Waals surface area contributed by atoms with Crippen LogP contribution in [0.25, 0.3) is 0 Å². The van der Waals surface area contributed by atoms with Crippen LogP contribution in [-0.2, 0) is 4.79 Å². The first-order valence-electron chi connectivity index (χ1n) is 5.89. The summed E-state index contributed by atoms with van der Waals surface area (Å²) in [7, 11) is 2.30. The molecular formula is C10H18N4O7. The molecule has 11 nitrogen and oxygen atoms in total. The molecule has 1 aliphatic rings. The van der Waals surface area contributed by atoms with Gasteiger partial charge in [0.25, 0.3) is 5.91 Å². The third-order valence-electron chi connectivity index (χ3n) is 3.33. The number of hydrogen-bond donors (Lipinski definition) is 4. The molecule has 0 spiro atoms. The van der Waals surface area contributed by atoms with E-state index in [9.17, 15) is 29.7 Å². The number of urea groups is 2. The number of aliphatic hydroxyl groups is 4. The highest BCUT2D eigenvalue weighted by atomic mass is 16.3. The molecule has 0 aromatic rings. The van der Waals surface area contributed by atoms with Crippen molar-refractivity contribution in [2.45, 2.75) is 5.66 Å². The Balaban J connectivity index is 3.38. The number of nitrogens with zero attached hydrogens (tertiary/aromatic N) is 4. The summed E-state index contributed by atoms with van der Waals surface area (Å²) in [6.07, 6.45) is 0. The standard InChI is InChI=1S/C10H18N4O7/c1-11(4-16)8(20)13(5-17)10(3-15)7(19)12(2)9(21)14(10)6-18/h15-18H,3-6H2,1-2H3. The molecule has 21 heavy (non-hydrogen) atoms. The predicted molar refractivity (Wildman–Crippen MR) is 66.1 cm³/mol. The van der Waals surface area contributed by atoms with Gasteiger partial charge in [-0.05, 0) is 0 Å². The zero-order valence-corrected chi connectivity index (χ0v) is 11.6. The number of carbonyl (C=O) groups excluding carboxylic acids is 3. The van der Waals surface area contributed by atoms with Gasteiger partial charge in [0, 0.05) is 14.1 Å². The molecule has 1 rings (SSSR count). The van der Waals surface area contributed by atoms with Gasteiger partial charge in [0.1, 0.15) is 20.2 Å². The Morgan fingerprint density at radius 1 is 1.19 bits per heavy atom. The third kappa shape index (κ3) is 2.29. The lowest BCUT2D eigenvalue weighted by atomic mass is 10.1. The maximum absolute atomic E-state index is 12.3. The first kappa shape index (κ1) is 17.1. The maximum Gasteiger partial charge on any atom is 0.330 e. The van der Waals surface area contributed by atoms with Crippen molar-refractivity contribution in [1.29, 1.82) is 0 Å². The molecule has 0 aromatic heterocycles. The zero-order valence-electron chi connectivity index (χ0n) is 11.6. The quantitative estimate of drug-likeness (QED) is 0.309. The van der Waals surface area contributed by atoms with Crippen LogP contribution >= 0.6 is 0 Å². The van der Waals surface area contributed by atoms with Gasteiger partial charge in [-0.25, -0.2) is 9.59 Å². The lowest BCUT2D eigenvalue weighted by Gasteiger charge is -2.41. The van der Waals surface area contributed by atoms with Crippen molar-refractivity contribution < 1.29 is 34.8 Å². The minimum atomic E-state index is -2.27. The van der Waals surface area contributed by atoms with Crippen molar-refractivity contribution in [3.05, 3.63) is 0 Å². The van der Waals surface area contributed by atoms with Crippen molar-refractivity contribution in [3.63, 3.8) is 0 Å². The summed E-state index contributed by atoms with van der Waals surface area (Å²) in [6, 6.07) is -1.95. The number of aliphatic hydroxyl groups excluding tert-OH is 4. The molecule has 1 heterocycles. The predicted octanol–water partition coefficient (Wildman–Crippen LogP) is -3.23. The molecule has 5 amide bonds. The van der Waals surface area contributed by atoms with E-state index >= 15 is 0 Å². The van der Waals surface area contributed by atoms with E-state index in [0.29, 0.717) is 14.7 Å². The Morgan fingerprint density at radius 3 is 2.14 bits per heavy atom. The summed E-state index contributed by atoms with van der Waals surface area (Å²) in [5, 5.41) is 37.2. The van der Waals surface area contributed by atoms with Crippen LogP contribution in [0.5, 0.6) is 0 Å². The summed E-state index contributed by atoms with van der Waals surface area (Å²) < 4.78 is 0. The van der Waals surface area contributed by atoms with Crippen molar-refractivity contribution in [3.8, 4) is 0 Å². The van der Waals surface area contributed by atoms with Crippen LogP contribution in [0.2, 0.25) is 0 Å². The average molecular weight is 306 g/mol. The van der Waals surface area contributed by atoms with E-state index in [0.717, 1.165) is 11.9 Å². The topological polar surface area (TPSA) is 145 Å². The van der Waals surface area contributed by atoms with Gasteiger partial charge < -0.3 is 25.3 Å². The summed E-state index contributed by atoms with van der Waals surface area (Å²) in [4.78, 5) is 38.6. The van der Waals surface area contributed by atoms with E-state index in [1.807, 2.05) is 0 Å². The highest BCUT2D eigenvalue weighted by molar-refractivity contribution is 6.08. The van der Waals surface area contributed by atoms with Crippen molar-refractivity contribution in [1.82, 2.24) is 19.6 Å². The molecule has 1 aliphatic heterocycles. The molecule has 1 unspecified atom stereocenters. The van der Waals surface area contributed by atoms with Crippen LogP contribution < -0.4 is 0 Å². The second-order valence-electron chi connectivity index (χ2n) is 4.38. The Bertz CT molecular complexity index is 445. The van der Waals surface area contributed by atoms with E-state index in [4.69, 9.17) is 5.11 Å². The summed E-state index contributed by atoms with van der Waals surface area (Å²) in [5.74, 6) is -0.988. The fourth-order valence-electron chi connectivity index (χ4n) is 2.09. The van der Waals surface area contributed by atoms with Crippen LogP contribution in [0, 0.1) is 0 Å². The fraction of sp³-hybridized carbons (Fsp3) is 0.700. The molecule has 4 N–H and O–H groups in total. The molecule has 11 heteroatoms. The zero-order chi connectivity index (χ0) is 16.4. The number of likely N-dealkylation sites (N-methyl/N-ethyl adjacent to an activating group) is 1. The fourth-order valence-corrected chi connectivity index (χ4v) is 2.09. The number of amides is 5. The number of rotatable bonds is 5. The van der Waals surface area contributed by atoms with E-state index in [1.54, 1.807) is 0 Å². The average Bonchev–Trinajstić information content (AvgIpc) is 2.68. The minimum Gasteiger partial charge on any atom is -0.391 e. The number of imide groups is 1. The molecule has 1 saturated heterocycles. The lowest BCUT2D eigenvalue weighted by Crippen LogP contribution is -2.68. The first-order chi connectivity index (χ1) is 9.83. The van der Waals surface area contributed by atoms with Crippen molar-refractivity contribution >= 4 is 18.0 Å². The van der Waals surface area contributed by atoms with E-state index in [-0.39, 0.29) is 0 Å². The van der Waals surface area contributed by atoms with Gasteiger partial charge in [-0.3, -0.25) is 19.5 Å². The highest BCUT2D eigenvalue weighted by Crippen LogP contribution is 2.30. The van der Waals surface area contributed by atoms with Crippen LogP contribution in [0.15, 0.2) is 0 Å². The number of hydrogen-bond acceptors (Lipinski definition) is 7. The van der Waals surface area contributed by atoms with Gasteiger partial charge in [-0.1, -0.05) is 0 Å². The van der Waals surface area contributed by atoms with E-state index in [2.05, 4.69) is 0 Å². The molecule has 0 radical (unpaired) electrons. The third-order valence-corrected chi connectivity index (χ3v) is 3.33. The Kier molecular flexibility index (Phi) is 5.06. The SMILES string of the molecule is CN(CO)C(=O)N(CO)C1(CO)C(=O)N(C)C(=O)N1CO. The monoisotopic (exact) mass is 306 g/mol. The number of carbonyl (C=O) groups is 3. The van der Waals surface area contributed by atoms with Gasteiger partial charge in [0.05, 0.1) is 6.61 Å². The molecule has 1 fully saturated rings. The molecule has 0 saturated carbocycles. The van der Waals surface area contributed by atoms with Gasteiger partial charge >= 0.3 is 12.1 Å². The van der Waals surface area contributed by atoms with Gasteiger partial charge in [-0.2, -0.15) is 0 Å². The minimum absolute atomic E-state index is 0.489. The summed E-state index contributed by atoms with van der Waals surface area (Å²) >= 11 is 0. The smallest absolute Gasteiger partial charge is 0.330 e. The lowest BCUT2D eigenvalue weighted by molar-refractivity contribution is -0.152. The molecule has 0 aliphatic carbocycles. The Morgan fingerprint density at radius 2 is 1.76 bits per heavy atom. The second-order valence-corrected chi connectivity index (χ2v) is 4.38. The Labute approximate surface area is 120 Å². The molecular weight excluding hydrogens is 288 g/mol. The normalized spacial score (nSPS) is 22.0. The van der Waals surface area contributed by atoms with Gasteiger partial charge in [0.2, 0.25) is 5.66 Å². The van der Waals surface area contributed by atoms with Crippen LogP contribution in [0.3, 0.4) is 0 Å². The van der Waals surface area contributed by atoms with Gasteiger partial charge in [-0.15, -0.1) is 0 Å². The van der Waals surface area contributed by atoms with Crippen LogP contribution in [-0.4, -0.2) is 105 Å². The molecule has 120 valence electrons. The van der Waals surface area contributed by atoms with Crippen LogP contribution in [0.1, 0.15) is 0 Å². The largest absolute Gasteiger partial charge is 0.391 e. The molecule has 1 atom stereocenters. The summed E-state index contributed by atoms with van der Waals surface area (Å²) in [5.41, 5.74) is -2.27. The molecule has 0 aromatic carbocycles. The van der Waals surface area contributed by atoms with Crippen LogP contribution in [0.4, 0.5) is 9.59 Å². The highest BCUT2D eigenvalue weighted by Gasteiger charge is 2.61. The maximum atomic E-state index is 12.3. The second kappa shape index (κ2) is 6.22. The van der Waals surface area contributed by atoms with Crippen molar-refractivity contribution in [2.24, 2.45) is 0 Å². The Hall–Kier alpha value is -1.95. The van der Waals surface area contributed by atoms with E-state index in [1.165, 1.54) is 7.05 Å². The molecule has 0 bridgehead atoms. The summed E-state index contributed by atoms with van der Waals surface area (Å²) in [6.45, 7) is -3.73. The van der Waals surface area contributed by atoms with Crippen molar-refractivity contribution in [2.75, 3.05) is 40.9 Å². The first-order valence-corrected chi connectivity index (χ1v) is 5.89. The van der Waals surface area contributed by atoms with E-state index < -0.39 is 50.4 Å². The van der Waals surface area contributed by atoms with Gasteiger partial charge in [0.15, 0.2) is 0 Å².